The minimum atomic E-state index is -0.281. The summed E-state index contributed by atoms with van der Waals surface area (Å²) in [5, 5.41) is 13.6. The van der Waals surface area contributed by atoms with Crippen LogP contribution in [0.3, 0.4) is 0 Å². The number of ether oxygens (including phenoxy) is 1. The Morgan fingerprint density at radius 2 is 1.85 bits per heavy atom. The molecule has 3 fully saturated rings. The van der Waals surface area contributed by atoms with E-state index in [0.717, 1.165) is 67.0 Å². The molecule has 0 spiro atoms. The molecule has 0 atom stereocenters. The van der Waals surface area contributed by atoms with E-state index in [1.807, 2.05) is 35.1 Å². The lowest BCUT2D eigenvalue weighted by molar-refractivity contribution is -0.139. The van der Waals surface area contributed by atoms with E-state index >= 15 is 0 Å². The maximum absolute atomic E-state index is 12.8. The third-order valence-corrected chi connectivity index (χ3v) is 9.40. The van der Waals surface area contributed by atoms with E-state index < -0.39 is 0 Å². The van der Waals surface area contributed by atoms with Crippen LogP contribution in [-0.2, 0) is 15.1 Å². The Labute approximate surface area is 236 Å². The molecular formula is C31H39N7O2. The summed E-state index contributed by atoms with van der Waals surface area (Å²) in [5.41, 5.74) is 4.96. The number of carbonyl (C=O) groups is 1. The number of fused-ring (bicyclic) bond motifs is 1. The standard InChI is InChI=1S/C31H39N7O2/c1-22(2)35-10-7-31(40-3,8-11-35)26-4-5-27(33-20-26)25-18-29-28(6-9-34-38(29)21-25)36-12-14-37(15-13-36)30(39)24-16-23(17-24)19-32/h4-6,9,18,20-24H,7-8,10-17H2,1-3H3/t23-,24-. The van der Waals surface area contributed by atoms with Crippen molar-refractivity contribution in [2.75, 3.05) is 51.3 Å². The molecule has 0 unspecified atom stereocenters. The summed E-state index contributed by atoms with van der Waals surface area (Å²) in [6.45, 7) is 9.51. The Hall–Kier alpha value is -3.48. The zero-order valence-corrected chi connectivity index (χ0v) is 23.8. The van der Waals surface area contributed by atoms with Crippen molar-refractivity contribution >= 4 is 17.1 Å². The molecule has 6 rings (SSSR count). The summed E-state index contributed by atoms with van der Waals surface area (Å²) < 4.78 is 8.02. The fraction of sp³-hybridized carbons (Fsp3) is 0.548. The van der Waals surface area contributed by atoms with Crippen LogP contribution in [0.15, 0.2) is 42.9 Å². The second-order valence-corrected chi connectivity index (χ2v) is 11.8. The first-order valence-electron chi connectivity index (χ1n) is 14.6. The molecular weight excluding hydrogens is 502 g/mol. The average molecular weight is 542 g/mol. The number of aromatic nitrogens is 3. The maximum atomic E-state index is 12.8. The van der Waals surface area contributed by atoms with Gasteiger partial charge in [0.05, 0.1) is 28.6 Å². The fourth-order valence-corrected chi connectivity index (χ4v) is 6.60. The molecule has 3 aliphatic rings. The van der Waals surface area contributed by atoms with Crippen LogP contribution in [0.4, 0.5) is 5.69 Å². The largest absolute Gasteiger partial charge is 0.373 e. The highest BCUT2D eigenvalue weighted by Crippen LogP contribution is 2.38. The number of rotatable bonds is 6. The lowest BCUT2D eigenvalue weighted by atomic mass is 9.75. The number of hydrogen-bond acceptors (Lipinski definition) is 7. The minimum absolute atomic E-state index is 0.0301. The van der Waals surface area contributed by atoms with Crippen LogP contribution in [0.1, 0.15) is 45.1 Å². The smallest absolute Gasteiger partial charge is 0.225 e. The summed E-state index contributed by atoms with van der Waals surface area (Å²) in [7, 11) is 1.82. The van der Waals surface area contributed by atoms with E-state index in [2.05, 4.69) is 59.1 Å². The molecule has 2 aliphatic heterocycles. The Morgan fingerprint density at radius 1 is 1.10 bits per heavy atom. The minimum Gasteiger partial charge on any atom is -0.373 e. The second kappa shape index (κ2) is 10.8. The van der Waals surface area contributed by atoms with Gasteiger partial charge in [0.2, 0.25) is 5.91 Å². The van der Waals surface area contributed by atoms with Gasteiger partial charge in [0.25, 0.3) is 0 Å². The molecule has 1 aliphatic carbocycles. The van der Waals surface area contributed by atoms with Gasteiger partial charge in [-0.2, -0.15) is 10.4 Å². The fourth-order valence-electron chi connectivity index (χ4n) is 6.60. The Bertz CT molecular complexity index is 1390. The van der Waals surface area contributed by atoms with Crippen molar-refractivity contribution in [1.82, 2.24) is 24.4 Å². The zero-order chi connectivity index (χ0) is 27.9. The van der Waals surface area contributed by atoms with E-state index in [1.54, 1.807) is 0 Å². The molecule has 9 heteroatoms. The van der Waals surface area contributed by atoms with Crippen LogP contribution < -0.4 is 4.90 Å². The molecule has 210 valence electrons. The molecule has 1 saturated carbocycles. The Kier molecular flexibility index (Phi) is 7.24. The van der Waals surface area contributed by atoms with Gasteiger partial charge in [0.15, 0.2) is 0 Å². The number of anilines is 1. The van der Waals surface area contributed by atoms with Crippen molar-refractivity contribution in [3.63, 3.8) is 0 Å². The van der Waals surface area contributed by atoms with Crippen molar-refractivity contribution < 1.29 is 9.53 Å². The van der Waals surface area contributed by atoms with Gasteiger partial charge in [-0.15, -0.1) is 0 Å². The number of nitrogens with zero attached hydrogens (tertiary/aromatic N) is 7. The van der Waals surface area contributed by atoms with Crippen LogP contribution >= 0.6 is 0 Å². The number of nitriles is 1. The third kappa shape index (κ3) is 4.84. The maximum Gasteiger partial charge on any atom is 0.225 e. The first-order chi connectivity index (χ1) is 19.4. The van der Waals surface area contributed by atoms with E-state index in [-0.39, 0.29) is 23.3 Å². The molecule has 9 nitrogen and oxygen atoms in total. The molecule has 0 bridgehead atoms. The molecule has 0 aromatic carbocycles. The van der Waals surface area contributed by atoms with Crippen LogP contribution in [0, 0.1) is 23.2 Å². The van der Waals surface area contributed by atoms with Gasteiger partial charge in [0, 0.05) is 94.0 Å². The summed E-state index contributed by atoms with van der Waals surface area (Å²) in [4.78, 5) is 24.5. The summed E-state index contributed by atoms with van der Waals surface area (Å²) >= 11 is 0. The average Bonchev–Trinajstić information content (AvgIpc) is 3.41. The van der Waals surface area contributed by atoms with E-state index in [9.17, 15) is 4.79 Å². The molecule has 3 aromatic heterocycles. The van der Waals surface area contributed by atoms with Crippen molar-refractivity contribution in [2.24, 2.45) is 11.8 Å². The van der Waals surface area contributed by atoms with Crippen LogP contribution in [0.5, 0.6) is 0 Å². The molecule has 40 heavy (non-hydrogen) atoms. The summed E-state index contributed by atoms with van der Waals surface area (Å²) in [5.74, 6) is 0.299. The van der Waals surface area contributed by atoms with Gasteiger partial charge in [-0.25, -0.2) is 4.52 Å². The van der Waals surface area contributed by atoms with E-state index in [4.69, 9.17) is 15.0 Å². The SMILES string of the molecule is COC1(c2ccc(-c3cc4c(N5CCN(C(=O)[C@H]6C[C@H](C#N)C6)CC5)ccnn4c3)nc2)CCN(C(C)C)CC1. The van der Waals surface area contributed by atoms with Gasteiger partial charge in [-0.1, -0.05) is 6.07 Å². The quantitative estimate of drug-likeness (QED) is 0.467. The van der Waals surface area contributed by atoms with E-state index in [0.29, 0.717) is 32.0 Å². The second-order valence-electron chi connectivity index (χ2n) is 11.8. The summed E-state index contributed by atoms with van der Waals surface area (Å²) in [6, 6.07) is 11.3. The predicted molar refractivity (Wildman–Crippen MR) is 154 cm³/mol. The van der Waals surface area contributed by atoms with Crippen molar-refractivity contribution in [3.05, 3.63) is 48.4 Å². The number of piperidine rings is 1. The molecule has 0 radical (unpaired) electrons. The van der Waals surface area contributed by atoms with Gasteiger partial charge in [-0.05, 0) is 57.7 Å². The number of methoxy groups -OCH3 is 1. The Morgan fingerprint density at radius 3 is 2.48 bits per heavy atom. The van der Waals surface area contributed by atoms with Gasteiger partial charge < -0.3 is 19.4 Å². The van der Waals surface area contributed by atoms with E-state index in [1.165, 1.54) is 0 Å². The summed E-state index contributed by atoms with van der Waals surface area (Å²) in [6.07, 6.45) is 9.21. The van der Waals surface area contributed by atoms with Crippen molar-refractivity contribution in [2.45, 2.75) is 51.2 Å². The molecule has 3 aromatic rings. The molecule has 0 N–H and O–H groups in total. The number of amides is 1. The van der Waals surface area contributed by atoms with Crippen molar-refractivity contribution in [3.8, 4) is 17.3 Å². The number of hydrogen-bond donors (Lipinski definition) is 0. The lowest BCUT2D eigenvalue weighted by Crippen LogP contribution is -2.52. The van der Waals surface area contributed by atoms with Crippen LogP contribution in [-0.4, -0.2) is 82.7 Å². The number of pyridine rings is 1. The normalized spacial score (nSPS) is 23.3. The van der Waals surface area contributed by atoms with Crippen LogP contribution in [0.25, 0.3) is 16.8 Å². The molecule has 5 heterocycles. The van der Waals surface area contributed by atoms with Gasteiger partial charge in [-0.3, -0.25) is 9.78 Å². The first kappa shape index (κ1) is 26.7. The number of piperazine rings is 1. The molecule has 2 saturated heterocycles. The number of likely N-dealkylation sites (tertiary alicyclic amines) is 1. The monoisotopic (exact) mass is 541 g/mol. The Balaban J connectivity index is 1.15. The van der Waals surface area contributed by atoms with Crippen LogP contribution in [0.2, 0.25) is 0 Å². The first-order valence-corrected chi connectivity index (χ1v) is 14.6. The highest BCUT2D eigenvalue weighted by atomic mass is 16.5. The highest BCUT2D eigenvalue weighted by molar-refractivity contribution is 5.81. The predicted octanol–water partition coefficient (Wildman–Crippen LogP) is 3.94. The third-order valence-electron chi connectivity index (χ3n) is 9.40. The molecule has 1 amide bonds. The van der Waals surface area contributed by atoms with Gasteiger partial charge in [0.1, 0.15) is 0 Å². The van der Waals surface area contributed by atoms with Crippen molar-refractivity contribution in [1.29, 1.82) is 5.26 Å². The van der Waals surface area contributed by atoms with Gasteiger partial charge >= 0.3 is 0 Å². The topological polar surface area (TPSA) is 90.0 Å². The highest BCUT2D eigenvalue weighted by Gasteiger charge is 2.38. The lowest BCUT2D eigenvalue weighted by Gasteiger charge is -2.42. The zero-order valence-electron chi connectivity index (χ0n) is 23.8. The number of carbonyl (C=O) groups excluding carboxylic acids is 1.